The third kappa shape index (κ3) is 3.77. The van der Waals surface area contributed by atoms with Crippen molar-refractivity contribution in [2.24, 2.45) is 0 Å². The fourth-order valence-corrected chi connectivity index (χ4v) is 4.27. The Balaban J connectivity index is 3.62. The van der Waals surface area contributed by atoms with E-state index in [2.05, 4.69) is 42.8 Å². The topological polar surface area (TPSA) is 0 Å². The van der Waals surface area contributed by atoms with Gasteiger partial charge in [0.05, 0.1) is 23.4 Å². The van der Waals surface area contributed by atoms with Crippen LogP contribution < -0.4 is 0 Å². The maximum Gasteiger partial charge on any atom is 0.154 e. The fraction of sp³-hybridized carbons (Fsp3) is 1.00. The quantitative estimate of drug-likeness (QED) is 0.532. The Labute approximate surface area is 72.6 Å². The van der Waals surface area contributed by atoms with Crippen LogP contribution in [0.3, 0.4) is 0 Å². The van der Waals surface area contributed by atoms with Crippen LogP contribution in [0.5, 0.6) is 0 Å². The van der Waals surface area contributed by atoms with Gasteiger partial charge in [-0.3, -0.25) is 0 Å². The highest BCUT2D eigenvalue weighted by molar-refractivity contribution is 14.2. The normalized spacial score (nSPS) is 12.0. The lowest BCUT2D eigenvalue weighted by atomic mass is 10.6. The molecule has 0 amide bonds. The lowest BCUT2D eigenvalue weighted by Crippen LogP contribution is -1.95. The summed E-state index contributed by atoms with van der Waals surface area (Å²) in [7, 11) is 0. The summed E-state index contributed by atoms with van der Waals surface area (Å²) in [4.78, 5) is -0.461. The molecule has 9 heavy (non-hydrogen) atoms. The largest absolute Gasteiger partial charge is 0.154 e. The van der Waals surface area contributed by atoms with E-state index in [-0.39, 0.29) is 0 Å². The highest BCUT2D eigenvalue weighted by atomic mass is 127. The van der Waals surface area contributed by atoms with Crippen molar-refractivity contribution in [2.75, 3.05) is 18.5 Å². The van der Waals surface area contributed by atoms with Gasteiger partial charge in [-0.2, -0.15) is 0 Å². The van der Waals surface area contributed by atoms with Gasteiger partial charge in [0.2, 0.25) is 0 Å². The van der Waals surface area contributed by atoms with E-state index in [1.165, 1.54) is 24.9 Å². The molecular weight excluding hydrogens is 242 g/mol. The van der Waals surface area contributed by atoms with Gasteiger partial charge >= 0.3 is 0 Å². The number of rotatable bonds is 4. The third-order valence-corrected chi connectivity index (χ3v) is 10.8. The molecule has 0 fully saturated rings. The molecule has 56 valence electrons. The van der Waals surface area contributed by atoms with E-state index in [1.807, 2.05) is 0 Å². The maximum atomic E-state index is 2.71. The van der Waals surface area contributed by atoms with Crippen LogP contribution in [0.1, 0.15) is 27.2 Å². The zero-order valence-corrected chi connectivity index (χ0v) is 9.71. The van der Waals surface area contributed by atoms with Gasteiger partial charge in [-0.05, 0) is 20.3 Å². The Morgan fingerprint density at radius 1 is 1.11 bits per heavy atom. The second-order valence-electron chi connectivity index (χ2n) is 2.39. The summed E-state index contributed by atoms with van der Waals surface area (Å²) < 4.78 is 0. The van der Waals surface area contributed by atoms with Crippen LogP contribution in [0.2, 0.25) is 0 Å². The summed E-state index contributed by atoms with van der Waals surface area (Å²) in [6.07, 6.45) is 5.72. The lowest BCUT2D eigenvalue weighted by Gasteiger charge is -2.14. The number of hydrogen-bond acceptors (Lipinski definition) is 0. The van der Waals surface area contributed by atoms with E-state index in [0.717, 1.165) is 0 Å². The van der Waals surface area contributed by atoms with Gasteiger partial charge in [0.1, 0.15) is 0 Å². The van der Waals surface area contributed by atoms with Gasteiger partial charge in [0, 0.05) is 0 Å². The molecule has 0 atom stereocenters. The predicted octanol–water partition coefficient (Wildman–Crippen LogP) is 3.80. The zero-order chi connectivity index (χ0) is 7.33. The standard InChI is InChI=1S/C7H17IP/c1-4-7-9(8,5-2)6-3/h4-7H2,1-3H3/q+1. The Kier molecular flexibility index (Phi) is 5.53. The highest BCUT2D eigenvalue weighted by Gasteiger charge is 2.28. The molecule has 0 heterocycles. The molecule has 0 unspecified atom stereocenters. The minimum absolute atomic E-state index is 0.461. The molecule has 0 N–H and O–H groups in total. The monoisotopic (exact) mass is 259 g/mol. The Morgan fingerprint density at radius 3 is 1.67 bits per heavy atom. The average molecular weight is 259 g/mol. The van der Waals surface area contributed by atoms with Crippen LogP contribution in [0.15, 0.2) is 0 Å². The summed E-state index contributed by atoms with van der Waals surface area (Å²) in [5.41, 5.74) is 0. The Morgan fingerprint density at radius 2 is 1.56 bits per heavy atom. The maximum absolute atomic E-state index is 2.71. The van der Waals surface area contributed by atoms with E-state index in [1.54, 1.807) is 0 Å². The fourth-order valence-electron chi connectivity index (χ4n) is 0.941. The van der Waals surface area contributed by atoms with Gasteiger partial charge in [-0.15, -0.1) is 0 Å². The van der Waals surface area contributed by atoms with Gasteiger partial charge in [-0.1, -0.05) is 6.92 Å². The van der Waals surface area contributed by atoms with E-state index < -0.39 is 4.90 Å². The van der Waals surface area contributed by atoms with Crippen molar-refractivity contribution in [1.82, 2.24) is 0 Å². The summed E-state index contributed by atoms with van der Waals surface area (Å²) in [6.45, 7) is 6.96. The van der Waals surface area contributed by atoms with Crippen LogP contribution in [0.25, 0.3) is 0 Å². The molecule has 0 aliphatic carbocycles. The smallest absolute Gasteiger partial charge is 0.0619 e. The first-order valence-electron chi connectivity index (χ1n) is 3.74. The molecule has 0 nitrogen and oxygen atoms in total. The molecule has 2 heteroatoms. The van der Waals surface area contributed by atoms with Crippen LogP contribution in [-0.4, -0.2) is 18.5 Å². The molecule has 0 saturated carbocycles. The summed E-state index contributed by atoms with van der Waals surface area (Å²) in [6, 6.07) is 0. The molecule has 0 aliphatic rings. The molecular formula is C7H17IP+. The number of hydrogen-bond donors (Lipinski definition) is 0. The van der Waals surface area contributed by atoms with E-state index in [9.17, 15) is 0 Å². The Bertz CT molecular complexity index is 69.3. The first-order chi connectivity index (χ1) is 4.18. The average Bonchev–Trinajstić information content (AvgIpc) is 1.89. The van der Waals surface area contributed by atoms with Gasteiger partial charge in [-0.25, -0.2) is 0 Å². The predicted molar refractivity (Wildman–Crippen MR) is 57.2 cm³/mol. The van der Waals surface area contributed by atoms with Crippen LogP contribution in [-0.2, 0) is 0 Å². The second kappa shape index (κ2) is 4.90. The van der Waals surface area contributed by atoms with Crippen molar-refractivity contribution >= 4 is 26.9 Å². The third-order valence-electron chi connectivity index (χ3n) is 1.76. The van der Waals surface area contributed by atoms with E-state index in [0.29, 0.717) is 0 Å². The van der Waals surface area contributed by atoms with Gasteiger partial charge in [0.15, 0.2) is 22.0 Å². The summed E-state index contributed by atoms with van der Waals surface area (Å²) in [5.74, 6) is 0. The first kappa shape index (κ1) is 10.2. The van der Waals surface area contributed by atoms with Crippen LogP contribution in [0, 0.1) is 0 Å². The summed E-state index contributed by atoms with van der Waals surface area (Å²) >= 11 is 2.71. The minimum atomic E-state index is -0.461. The molecule has 0 aromatic rings. The minimum Gasteiger partial charge on any atom is -0.0619 e. The van der Waals surface area contributed by atoms with Gasteiger partial charge in [0.25, 0.3) is 0 Å². The zero-order valence-electron chi connectivity index (χ0n) is 6.65. The molecule has 0 radical (unpaired) electrons. The molecule has 0 saturated heterocycles. The van der Waals surface area contributed by atoms with Crippen LogP contribution in [0.4, 0.5) is 0 Å². The number of halogens is 1. The first-order valence-corrected chi connectivity index (χ1v) is 8.87. The van der Waals surface area contributed by atoms with Crippen molar-refractivity contribution < 1.29 is 0 Å². The van der Waals surface area contributed by atoms with Crippen molar-refractivity contribution in [1.29, 1.82) is 0 Å². The summed E-state index contributed by atoms with van der Waals surface area (Å²) in [5, 5.41) is 0. The molecule has 0 aromatic heterocycles. The molecule has 0 rings (SSSR count). The van der Waals surface area contributed by atoms with Crippen LogP contribution >= 0.6 is 26.9 Å². The highest BCUT2D eigenvalue weighted by Crippen LogP contribution is 2.66. The van der Waals surface area contributed by atoms with Gasteiger partial charge < -0.3 is 0 Å². The van der Waals surface area contributed by atoms with Crippen molar-refractivity contribution in [3.8, 4) is 0 Å². The van der Waals surface area contributed by atoms with Crippen molar-refractivity contribution in [2.45, 2.75) is 27.2 Å². The lowest BCUT2D eigenvalue weighted by molar-refractivity contribution is 1.08. The molecule has 0 bridgehead atoms. The van der Waals surface area contributed by atoms with Crippen molar-refractivity contribution in [3.63, 3.8) is 0 Å². The Hall–Kier alpha value is 1.16. The molecule has 0 aliphatic heterocycles. The molecule has 0 spiro atoms. The molecule has 0 aromatic carbocycles. The second-order valence-corrected chi connectivity index (χ2v) is 12.3. The SMILES string of the molecule is CCC[P+](I)(CC)CC. The van der Waals surface area contributed by atoms with E-state index >= 15 is 0 Å². The van der Waals surface area contributed by atoms with E-state index in [4.69, 9.17) is 0 Å². The van der Waals surface area contributed by atoms with Crippen molar-refractivity contribution in [3.05, 3.63) is 0 Å².